The second-order valence-electron chi connectivity index (χ2n) is 2.31. The Kier molecular flexibility index (Phi) is 4.37. The van der Waals surface area contributed by atoms with Gasteiger partial charge in [-0.15, -0.1) is 12.4 Å². The van der Waals surface area contributed by atoms with E-state index in [2.05, 4.69) is 0 Å². The molecule has 0 bridgehead atoms. The predicted molar refractivity (Wildman–Crippen MR) is 48.5 cm³/mol. The third-order valence-corrected chi connectivity index (χ3v) is 1.52. The van der Waals surface area contributed by atoms with Gasteiger partial charge in [0.15, 0.2) is 0 Å². The average Bonchev–Trinajstić information content (AvgIpc) is 2.03. The summed E-state index contributed by atoms with van der Waals surface area (Å²) in [5.74, 6) is -1.56. The van der Waals surface area contributed by atoms with Gasteiger partial charge in [-0.1, -0.05) is 0 Å². The molecule has 0 atom stereocenters. The summed E-state index contributed by atoms with van der Waals surface area (Å²) in [6.07, 6.45) is 0. The van der Waals surface area contributed by atoms with Crippen molar-refractivity contribution in [3.05, 3.63) is 35.1 Å². The molecule has 0 heterocycles. The molecule has 1 aromatic rings. The highest BCUT2D eigenvalue weighted by Crippen LogP contribution is 2.10. The normalized spacial score (nSPS) is 9.08. The van der Waals surface area contributed by atoms with E-state index < -0.39 is 11.8 Å². The van der Waals surface area contributed by atoms with Crippen molar-refractivity contribution < 1.29 is 14.3 Å². The van der Waals surface area contributed by atoms with Crippen molar-refractivity contribution in [3.8, 4) is 0 Å². The van der Waals surface area contributed by atoms with E-state index in [4.69, 9.17) is 10.8 Å². The van der Waals surface area contributed by atoms with Crippen LogP contribution in [0.25, 0.3) is 0 Å². The highest BCUT2D eigenvalue weighted by molar-refractivity contribution is 5.89. The fourth-order valence-electron chi connectivity index (χ4n) is 0.940. The molecule has 0 aliphatic rings. The first-order valence-corrected chi connectivity index (χ1v) is 3.37. The molecule has 0 aliphatic heterocycles. The quantitative estimate of drug-likeness (QED) is 0.767. The minimum absolute atomic E-state index is 0. The van der Waals surface area contributed by atoms with Crippen LogP contribution in [0.2, 0.25) is 0 Å². The molecule has 0 fully saturated rings. The number of hydrogen-bond donors (Lipinski definition) is 2. The zero-order valence-corrected chi connectivity index (χ0v) is 7.47. The van der Waals surface area contributed by atoms with Gasteiger partial charge < -0.3 is 10.8 Å². The van der Waals surface area contributed by atoms with Crippen molar-refractivity contribution in [3.63, 3.8) is 0 Å². The Morgan fingerprint density at radius 3 is 2.62 bits per heavy atom. The van der Waals surface area contributed by atoms with Crippen LogP contribution >= 0.6 is 12.4 Å². The zero-order chi connectivity index (χ0) is 9.14. The molecular formula is C8H9ClFNO2. The SMILES string of the molecule is Cl.NCc1cc(F)ccc1C(=O)O. The number of nitrogens with two attached hydrogens (primary N) is 1. The summed E-state index contributed by atoms with van der Waals surface area (Å²) in [5, 5.41) is 8.61. The summed E-state index contributed by atoms with van der Waals surface area (Å²) in [5.41, 5.74) is 5.59. The second kappa shape index (κ2) is 4.79. The first-order valence-electron chi connectivity index (χ1n) is 3.37. The van der Waals surface area contributed by atoms with Crippen LogP contribution in [-0.4, -0.2) is 11.1 Å². The zero-order valence-electron chi connectivity index (χ0n) is 6.66. The summed E-state index contributed by atoms with van der Waals surface area (Å²) >= 11 is 0. The van der Waals surface area contributed by atoms with Crippen LogP contribution in [0, 0.1) is 5.82 Å². The summed E-state index contributed by atoms with van der Waals surface area (Å²) in [7, 11) is 0. The molecule has 0 spiro atoms. The van der Waals surface area contributed by atoms with Gasteiger partial charge in [0.25, 0.3) is 0 Å². The monoisotopic (exact) mass is 205 g/mol. The number of hydrogen-bond acceptors (Lipinski definition) is 2. The molecule has 5 heteroatoms. The van der Waals surface area contributed by atoms with Crippen molar-refractivity contribution in [1.82, 2.24) is 0 Å². The van der Waals surface area contributed by atoms with E-state index >= 15 is 0 Å². The van der Waals surface area contributed by atoms with E-state index in [-0.39, 0.29) is 24.5 Å². The van der Waals surface area contributed by atoms with Crippen molar-refractivity contribution in [1.29, 1.82) is 0 Å². The molecule has 0 radical (unpaired) electrons. The third kappa shape index (κ3) is 2.68. The molecule has 0 aromatic heterocycles. The van der Waals surface area contributed by atoms with Gasteiger partial charge in [-0.3, -0.25) is 0 Å². The van der Waals surface area contributed by atoms with E-state index in [0.717, 1.165) is 12.1 Å². The maximum Gasteiger partial charge on any atom is 0.336 e. The molecule has 0 saturated carbocycles. The average molecular weight is 206 g/mol. The Hall–Kier alpha value is -1.13. The summed E-state index contributed by atoms with van der Waals surface area (Å²) in [6.45, 7) is 0.0272. The number of carboxylic acid groups (broad SMARTS) is 1. The lowest BCUT2D eigenvalue weighted by Crippen LogP contribution is -2.07. The highest BCUT2D eigenvalue weighted by atomic mass is 35.5. The minimum Gasteiger partial charge on any atom is -0.478 e. The third-order valence-electron chi connectivity index (χ3n) is 1.52. The lowest BCUT2D eigenvalue weighted by atomic mass is 10.1. The van der Waals surface area contributed by atoms with Crippen molar-refractivity contribution in [2.24, 2.45) is 5.73 Å². The predicted octanol–water partition coefficient (Wildman–Crippen LogP) is 1.40. The number of carbonyl (C=O) groups is 1. The summed E-state index contributed by atoms with van der Waals surface area (Å²) in [6, 6.07) is 3.44. The number of rotatable bonds is 2. The summed E-state index contributed by atoms with van der Waals surface area (Å²) in [4.78, 5) is 10.5. The maximum absolute atomic E-state index is 12.5. The van der Waals surface area contributed by atoms with Gasteiger partial charge >= 0.3 is 5.97 Å². The van der Waals surface area contributed by atoms with Crippen LogP contribution in [-0.2, 0) is 6.54 Å². The minimum atomic E-state index is -1.09. The molecular weight excluding hydrogens is 197 g/mol. The van der Waals surface area contributed by atoms with Gasteiger partial charge in [-0.25, -0.2) is 9.18 Å². The number of aromatic carboxylic acids is 1. The van der Waals surface area contributed by atoms with Crippen LogP contribution in [0.3, 0.4) is 0 Å². The molecule has 0 unspecified atom stereocenters. The van der Waals surface area contributed by atoms with Crippen molar-refractivity contribution in [2.75, 3.05) is 0 Å². The molecule has 0 amide bonds. The molecule has 3 N–H and O–H groups in total. The van der Waals surface area contributed by atoms with Crippen LogP contribution in [0.15, 0.2) is 18.2 Å². The van der Waals surface area contributed by atoms with Gasteiger partial charge in [0, 0.05) is 6.54 Å². The van der Waals surface area contributed by atoms with Gasteiger partial charge in [0.05, 0.1) is 5.56 Å². The van der Waals surface area contributed by atoms with Crippen LogP contribution in [0.1, 0.15) is 15.9 Å². The first kappa shape index (κ1) is 11.9. The van der Waals surface area contributed by atoms with Gasteiger partial charge in [0.2, 0.25) is 0 Å². The standard InChI is InChI=1S/C8H8FNO2.ClH/c9-6-1-2-7(8(11)12)5(3-6)4-10;/h1-3H,4,10H2,(H,11,12);1H. The smallest absolute Gasteiger partial charge is 0.336 e. The Labute approximate surface area is 80.8 Å². The Morgan fingerprint density at radius 1 is 1.54 bits per heavy atom. The fourth-order valence-corrected chi connectivity index (χ4v) is 0.940. The number of benzene rings is 1. The lowest BCUT2D eigenvalue weighted by molar-refractivity contribution is 0.0695. The van der Waals surface area contributed by atoms with Crippen LogP contribution < -0.4 is 5.73 Å². The van der Waals surface area contributed by atoms with Crippen LogP contribution in [0.4, 0.5) is 4.39 Å². The Balaban J connectivity index is 0.00000144. The number of halogens is 2. The van der Waals surface area contributed by atoms with Crippen LogP contribution in [0.5, 0.6) is 0 Å². The maximum atomic E-state index is 12.5. The van der Waals surface area contributed by atoms with Crippen molar-refractivity contribution >= 4 is 18.4 Å². The van der Waals surface area contributed by atoms with Gasteiger partial charge in [0.1, 0.15) is 5.82 Å². The second-order valence-corrected chi connectivity index (χ2v) is 2.31. The molecule has 3 nitrogen and oxygen atoms in total. The number of carboxylic acids is 1. The Morgan fingerprint density at radius 2 is 2.15 bits per heavy atom. The highest BCUT2D eigenvalue weighted by Gasteiger charge is 2.08. The van der Waals surface area contributed by atoms with Gasteiger partial charge in [-0.2, -0.15) is 0 Å². The Bertz CT molecular complexity index is 317. The van der Waals surface area contributed by atoms with E-state index in [1.807, 2.05) is 0 Å². The molecule has 72 valence electrons. The summed E-state index contributed by atoms with van der Waals surface area (Å²) < 4.78 is 12.5. The molecule has 1 rings (SSSR count). The van der Waals surface area contributed by atoms with E-state index in [1.165, 1.54) is 6.07 Å². The largest absolute Gasteiger partial charge is 0.478 e. The van der Waals surface area contributed by atoms with E-state index in [1.54, 1.807) is 0 Å². The molecule has 1 aromatic carbocycles. The topological polar surface area (TPSA) is 63.3 Å². The van der Waals surface area contributed by atoms with Crippen molar-refractivity contribution in [2.45, 2.75) is 6.54 Å². The molecule has 0 saturated heterocycles. The molecule has 0 aliphatic carbocycles. The van der Waals surface area contributed by atoms with Gasteiger partial charge in [-0.05, 0) is 23.8 Å². The lowest BCUT2D eigenvalue weighted by Gasteiger charge is -2.01. The molecule has 13 heavy (non-hydrogen) atoms. The van der Waals surface area contributed by atoms with E-state index in [9.17, 15) is 9.18 Å². The van der Waals surface area contributed by atoms with E-state index in [0.29, 0.717) is 5.56 Å². The fraction of sp³-hybridized carbons (Fsp3) is 0.125. The first-order chi connectivity index (χ1) is 5.65.